The van der Waals surface area contributed by atoms with Crippen LogP contribution in [0.5, 0.6) is 11.5 Å². The zero-order valence-electron chi connectivity index (χ0n) is 17.6. The maximum Gasteiger partial charge on any atom is 0.253 e. The molecule has 0 spiro atoms. The number of likely N-dealkylation sites (tertiary alicyclic amines) is 1. The average Bonchev–Trinajstić information content (AvgIpc) is 3.48. The van der Waals surface area contributed by atoms with Gasteiger partial charge in [-0.25, -0.2) is 0 Å². The van der Waals surface area contributed by atoms with Gasteiger partial charge in [0.15, 0.2) is 11.5 Å². The molecular weight excluding hydrogens is 396 g/mol. The number of amides is 1. The summed E-state index contributed by atoms with van der Waals surface area (Å²) < 4.78 is 16.3. The molecule has 0 unspecified atom stereocenters. The van der Waals surface area contributed by atoms with Gasteiger partial charge in [-0.3, -0.25) is 4.79 Å². The summed E-state index contributed by atoms with van der Waals surface area (Å²) in [6.45, 7) is 1.56. The number of fused-ring (bicyclic) bond motifs is 1. The lowest BCUT2D eigenvalue weighted by Gasteiger charge is -2.30. The molecule has 8 nitrogen and oxygen atoms in total. The summed E-state index contributed by atoms with van der Waals surface area (Å²) in [5.74, 6) is 2.78. The van der Waals surface area contributed by atoms with Crippen LogP contribution in [-0.2, 0) is 0 Å². The summed E-state index contributed by atoms with van der Waals surface area (Å²) in [6, 6.07) is 13.3. The van der Waals surface area contributed by atoms with Gasteiger partial charge in [-0.2, -0.15) is 4.98 Å². The van der Waals surface area contributed by atoms with Crippen molar-refractivity contribution >= 4 is 11.6 Å². The lowest BCUT2D eigenvalue weighted by molar-refractivity contribution is 0.0704. The third-order valence-corrected chi connectivity index (χ3v) is 5.83. The minimum Gasteiger partial charge on any atom is -0.454 e. The van der Waals surface area contributed by atoms with Gasteiger partial charge in [-0.05, 0) is 55.3 Å². The van der Waals surface area contributed by atoms with Crippen molar-refractivity contribution in [1.82, 2.24) is 15.0 Å². The van der Waals surface area contributed by atoms with Crippen LogP contribution in [0.3, 0.4) is 0 Å². The van der Waals surface area contributed by atoms with E-state index in [1.807, 2.05) is 66.4 Å². The van der Waals surface area contributed by atoms with E-state index < -0.39 is 0 Å². The third-order valence-electron chi connectivity index (χ3n) is 5.83. The summed E-state index contributed by atoms with van der Waals surface area (Å²) in [5, 5.41) is 4.14. The molecule has 3 heterocycles. The van der Waals surface area contributed by atoms with Crippen LogP contribution < -0.4 is 14.4 Å². The number of nitrogens with zero attached hydrogens (tertiary/aromatic N) is 4. The Kier molecular flexibility index (Phi) is 4.97. The summed E-state index contributed by atoms with van der Waals surface area (Å²) in [7, 11) is 3.97. The van der Waals surface area contributed by atoms with E-state index in [4.69, 9.17) is 14.0 Å². The second kappa shape index (κ2) is 7.94. The molecule has 160 valence electrons. The number of rotatable bonds is 4. The minimum atomic E-state index is 0.0651. The highest BCUT2D eigenvalue weighted by Gasteiger charge is 2.28. The van der Waals surface area contributed by atoms with Crippen LogP contribution in [0.4, 0.5) is 5.69 Å². The van der Waals surface area contributed by atoms with Crippen molar-refractivity contribution < 1.29 is 18.8 Å². The number of ether oxygens (including phenoxy) is 2. The number of aromatic nitrogens is 2. The van der Waals surface area contributed by atoms with Crippen molar-refractivity contribution in [3.05, 3.63) is 53.9 Å². The van der Waals surface area contributed by atoms with Gasteiger partial charge in [-0.1, -0.05) is 5.16 Å². The Labute approximate surface area is 180 Å². The molecule has 1 saturated heterocycles. The van der Waals surface area contributed by atoms with E-state index in [0.29, 0.717) is 36.1 Å². The average molecular weight is 420 g/mol. The van der Waals surface area contributed by atoms with Gasteiger partial charge in [-0.15, -0.1) is 0 Å². The van der Waals surface area contributed by atoms with Crippen LogP contribution in [0.15, 0.2) is 47.0 Å². The molecule has 8 heteroatoms. The van der Waals surface area contributed by atoms with Gasteiger partial charge >= 0.3 is 0 Å². The molecule has 0 radical (unpaired) electrons. The second-order valence-electron chi connectivity index (χ2n) is 8.03. The highest BCUT2D eigenvalue weighted by molar-refractivity contribution is 5.94. The smallest absolute Gasteiger partial charge is 0.253 e. The van der Waals surface area contributed by atoms with Crippen LogP contribution in [0.2, 0.25) is 0 Å². The van der Waals surface area contributed by atoms with Crippen LogP contribution in [0.25, 0.3) is 11.4 Å². The zero-order valence-corrected chi connectivity index (χ0v) is 17.6. The minimum absolute atomic E-state index is 0.0651. The number of hydrogen-bond acceptors (Lipinski definition) is 7. The van der Waals surface area contributed by atoms with Crippen LogP contribution in [-0.4, -0.2) is 54.9 Å². The first-order valence-electron chi connectivity index (χ1n) is 10.4. The van der Waals surface area contributed by atoms with E-state index >= 15 is 0 Å². The Bertz CT molecular complexity index is 1090. The molecule has 1 fully saturated rings. The van der Waals surface area contributed by atoms with E-state index in [1.165, 1.54) is 0 Å². The number of hydrogen-bond donors (Lipinski definition) is 0. The lowest BCUT2D eigenvalue weighted by atomic mass is 9.96. The predicted octanol–water partition coefficient (Wildman–Crippen LogP) is 3.55. The molecule has 31 heavy (non-hydrogen) atoms. The lowest BCUT2D eigenvalue weighted by Crippen LogP contribution is -2.38. The summed E-state index contributed by atoms with van der Waals surface area (Å²) in [4.78, 5) is 21.4. The van der Waals surface area contributed by atoms with Gasteiger partial charge in [0.25, 0.3) is 5.91 Å². The van der Waals surface area contributed by atoms with Crippen molar-refractivity contribution in [2.24, 2.45) is 0 Å². The summed E-state index contributed by atoms with van der Waals surface area (Å²) >= 11 is 0. The largest absolute Gasteiger partial charge is 0.454 e. The van der Waals surface area contributed by atoms with Crippen molar-refractivity contribution in [2.45, 2.75) is 18.8 Å². The molecule has 2 aromatic carbocycles. The molecule has 0 bridgehead atoms. The number of anilines is 1. The second-order valence-corrected chi connectivity index (χ2v) is 8.03. The standard InChI is InChI=1S/C23H24N4O4/c1-26(2)18-6-3-16(4-7-18)23(28)27-11-9-15(10-12-27)22-24-21(25-31-22)17-5-8-19-20(13-17)30-14-29-19/h3-8,13,15H,9-12,14H2,1-2H3. The van der Waals surface area contributed by atoms with Gasteiger partial charge in [0.1, 0.15) is 0 Å². The maximum atomic E-state index is 12.8. The fraction of sp³-hybridized carbons (Fsp3) is 0.348. The Morgan fingerprint density at radius 1 is 1.03 bits per heavy atom. The topological polar surface area (TPSA) is 80.9 Å². The highest BCUT2D eigenvalue weighted by atomic mass is 16.7. The molecule has 3 aromatic rings. The fourth-order valence-electron chi connectivity index (χ4n) is 3.97. The molecule has 2 aliphatic heterocycles. The quantitative estimate of drug-likeness (QED) is 0.638. The number of carbonyl (C=O) groups is 1. The van der Waals surface area contributed by atoms with Gasteiger partial charge in [0.05, 0.1) is 0 Å². The van der Waals surface area contributed by atoms with Crippen molar-refractivity contribution in [1.29, 1.82) is 0 Å². The maximum absolute atomic E-state index is 12.8. The van der Waals surface area contributed by atoms with Crippen molar-refractivity contribution in [3.8, 4) is 22.9 Å². The van der Waals surface area contributed by atoms with Gasteiger partial charge < -0.3 is 23.8 Å². The number of carbonyl (C=O) groups excluding carboxylic acids is 1. The third kappa shape index (κ3) is 3.81. The van der Waals surface area contributed by atoms with E-state index in [2.05, 4.69) is 10.1 Å². The Hall–Kier alpha value is -3.55. The first-order valence-corrected chi connectivity index (χ1v) is 10.4. The first kappa shape index (κ1) is 19.4. The van der Waals surface area contributed by atoms with Gasteiger partial charge in [0, 0.05) is 49.9 Å². The SMILES string of the molecule is CN(C)c1ccc(C(=O)N2CCC(c3nc(-c4ccc5c(c4)OCO5)no3)CC2)cc1. The predicted molar refractivity (Wildman–Crippen MR) is 115 cm³/mol. The van der Waals surface area contributed by atoms with Gasteiger partial charge in [0.2, 0.25) is 18.5 Å². The van der Waals surface area contributed by atoms with Crippen molar-refractivity contribution in [3.63, 3.8) is 0 Å². The van der Waals surface area contributed by atoms with Crippen LogP contribution >= 0.6 is 0 Å². The molecule has 1 aromatic heterocycles. The highest BCUT2D eigenvalue weighted by Crippen LogP contribution is 2.36. The molecule has 0 saturated carbocycles. The van der Waals surface area contributed by atoms with E-state index in [9.17, 15) is 4.79 Å². The monoisotopic (exact) mass is 420 g/mol. The summed E-state index contributed by atoms with van der Waals surface area (Å²) in [6.07, 6.45) is 1.59. The molecular formula is C23H24N4O4. The number of benzene rings is 2. The molecule has 2 aliphatic rings. The Morgan fingerprint density at radius 3 is 2.52 bits per heavy atom. The molecule has 5 rings (SSSR count). The molecule has 0 atom stereocenters. The zero-order chi connectivity index (χ0) is 21.4. The van der Waals surface area contributed by atoms with E-state index in [0.717, 1.165) is 29.8 Å². The Morgan fingerprint density at radius 2 is 1.77 bits per heavy atom. The normalized spacial score (nSPS) is 15.9. The molecule has 0 N–H and O–H groups in total. The van der Waals surface area contributed by atoms with Crippen molar-refractivity contribution in [2.75, 3.05) is 38.9 Å². The van der Waals surface area contributed by atoms with Crippen LogP contribution in [0.1, 0.15) is 35.0 Å². The number of piperidine rings is 1. The first-order chi connectivity index (χ1) is 15.1. The fourth-order valence-corrected chi connectivity index (χ4v) is 3.97. The molecule has 0 aliphatic carbocycles. The molecule has 1 amide bonds. The summed E-state index contributed by atoms with van der Waals surface area (Å²) in [5.41, 5.74) is 2.62. The van der Waals surface area contributed by atoms with E-state index in [-0.39, 0.29) is 18.6 Å². The van der Waals surface area contributed by atoms with Crippen LogP contribution in [0, 0.1) is 0 Å². The Balaban J connectivity index is 1.22. The van der Waals surface area contributed by atoms with E-state index in [1.54, 1.807) is 0 Å².